The Hall–Kier alpha value is -0.0400. The summed E-state index contributed by atoms with van der Waals surface area (Å²) in [5, 5.41) is 0. The fraction of sp³-hybridized carbons (Fsp3) is 1.00. The van der Waals surface area contributed by atoms with E-state index in [0.29, 0.717) is 11.5 Å². The monoisotopic (exact) mass is 197 g/mol. The second kappa shape index (κ2) is 4.22. The number of nitrogens with zero attached hydrogens (tertiary/aromatic N) is 1. The van der Waals surface area contributed by atoms with Crippen LogP contribution in [0.3, 0.4) is 0 Å². The molecule has 0 saturated carbocycles. The van der Waals surface area contributed by atoms with Gasteiger partial charge in [-0.3, -0.25) is 4.90 Å². The van der Waals surface area contributed by atoms with Crippen molar-refractivity contribution < 1.29 is 0 Å². The first-order chi connectivity index (χ1) is 6.33. The van der Waals surface area contributed by atoms with Gasteiger partial charge in [0.25, 0.3) is 0 Å². The number of rotatable bonds is 2. The lowest BCUT2D eigenvalue weighted by atomic mass is 9.75. The molecule has 14 heavy (non-hydrogen) atoms. The van der Waals surface area contributed by atoms with Crippen LogP contribution in [0.2, 0.25) is 0 Å². The fourth-order valence-electron chi connectivity index (χ4n) is 2.64. The van der Waals surface area contributed by atoms with E-state index in [0.717, 1.165) is 12.0 Å². The van der Waals surface area contributed by atoms with Crippen LogP contribution in [0.15, 0.2) is 0 Å². The molecule has 84 valence electrons. The van der Waals surface area contributed by atoms with Crippen LogP contribution in [0, 0.1) is 11.3 Å². The van der Waals surface area contributed by atoms with Gasteiger partial charge in [0.1, 0.15) is 0 Å². The Morgan fingerprint density at radius 1 is 1.14 bits per heavy atom. The number of piperidine rings is 1. The third-order valence-corrected chi connectivity index (χ3v) is 3.67. The van der Waals surface area contributed by atoms with Crippen LogP contribution in [0.4, 0.5) is 0 Å². The van der Waals surface area contributed by atoms with Gasteiger partial charge in [-0.05, 0) is 44.6 Å². The lowest BCUT2D eigenvalue weighted by Crippen LogP contribution is -2.50. The van der Waals surface area contributed by atoms with Crippen molar-refractivity contribution in [3.8, 4) is 0 Å². The van der Waals surface area contributed by atoms with E-state index in [9.17, 15) is 0 Å². The Morgan fingerprint density at radius 2 is 1.71 bits per heavy atom. The minimum atomic E-state index is 0.556. The molecule has 0 spiro atoms. The average molecular weight is 197 g/mol. The molecular weight excluding hydrogens is 170 g/mol. The molecule has 1 atom stereocenters. The van der Waals surface area contributed by atoms with E-state index in [1.54, 1.807) is 0 Å². The summed E-state index contributed by atoms with van der Waals surface area (Å²) in [5.41, 5.74) is 0.556. The number of hydrogen-bond donors (Lipinski definition) is 0. The quantitative estimate of drug-likeness (QED) is 0.654. The molecule has 1 heterocycles. The maximum atomic E-state index is 2.69. The minimum absolute atomic E-state index is 0.556. The van der Waals surface area contributed by atoms with Crippen LogP contribution in [0.5, 0.6) is 0 Å². The Kier molecular flexibility index (Phi) is 3.63. The second-order valence-electron chi connectivity index (χ2n) is 6.26. The lowest BCUT2D eigenvalue weighted by molar-refractivity contribution is 0.0230. The fourth-order valence-corrected chi connectivity index (χ4v) is 2.64. The van der Waals surface area contributed by atoms with Crippen LogP contribution >= 0.6 is 0 Å². The van der Waals surface area contributed by atoms with Gasteiger partial charge in [0.2, 0.25) is 0 Å². The Balaban J connectivity index is 2.71. The molecule has 0 aromatic heterocycles. The lowest BCUT2D eigenvalue weighted by Gasteiger charge is -2.47. The minimum Gasteiger partial charge on any atom is -0.298 e. The van der Waals surface area contributed by atoms with E-state index in [2.05, 4.69) is 46.4 Å². The van der Waals surface area contributed by atoms with Crippen molar-refractivity contribution in [2.24, 2.45) is 11.3 Å². The third-order valence-electron chi connectivity index (χ3n) is 3.67. The molecule has 0 N–H and O–H groups in total. The van der Waals surface area contributed by atoms with E-state index < -0.39 is 0 Å². The summed E-state index contributed by atoms with van der Waals surface area (Å²) >= 11 is 0. The van der Waals surface area contributed by atoms with Gasteiger partial charge in [-0.2, -0.15) is 0 Å². The van der Waals surface area contributed by atoms with Gasteiger partial charge in [0.05, 0.1) is 0 Å². The summed E-state index contributed by atoms with van der Waals surface area (Å²) in [6.07, 6.45) is 2.72. The maximum Gasteiger partial charge on any atom is 0.0126 e. The smallest absolute Gasteiger partial charge is 0.0126 e. The molecule has 0 aromatic rings. The van der Waals surface area contributed by atoms with Crippen LogP contribution in [0.25, 0.3) is 0 Å². The summed E-state index contributed by atoms with van der Waals surface area (Å²) in [7, 11) is 0. The molecule has 1 unspecified atom stereocenters. The SMILES string of the molecule is CC(C)C1CC(C)(C)CCN1C(C)C. The Labute approximate surface area is 89.9 Å². The van der Waals surface area contributed by atoms with Gasteiger partial charge in [-0.25, -0.2) is 0 Å². The van der Waals surface area contributed by atoms with Crippen LogP contribution in [0.1, 0.15) is 54.4 Å². The van der Waals surface area contributed by atoms with Crippen molar-refractivity contribution in [2.45, 2.75) is 66.5 Å². The van der Waals surface area contributed by atoms with E-state index in [4.69, 9.17) is 0 Å². The topological polar surface area (TPSA) is 3.24 Å². The van der Waals surface area contributed by atoms with Gasteiger partial charge in [-0.15, -0.1) is 0 Å². The van der Waals surface area contributed by atoms with E-state index in [1.807, 2.05) is 0 Å². The molecule has 0 bridgehead atoms. The van der Waals surface area contributed by atoms with Crippen molar-refractivity contribution in [3.63, 3.8) is 0 Å². The highest BCUT2D eigenvalue weighted by atomic mass is 15.2. The summed E-state index contributed by atoms with van der Waals surface area (Å²) in [4.78, 5) is 2.69. The van der Waals surface area contributed by atoms with Gasteiger partial charge in [0, 0.05) is 12.1 Å². The molecule has 1 saturated heterocycles. The Bertz CT molecular complexity index is 182. The summed E-state index contributed by atoms with van der Waals surface area (Å²) in [6, 6.07) is 1.50. The first-order valence-corrected chi connectivity index (χ1v) is 6.09. The largest absolute Gasteiger partial charge is 0.298 e. The third kappa shape index (κ3) is 2.73. The van der Waals surface area contributed by atoms with Crippen molar-refractivity contribution >= 4 is 0 Å². The molecule has 1 heteroatoms. The average Bonchev–Trinajstić information content (AvgIpc) is 2.01. The normalized spacial score (nSPS) is 28.7. The van der Waals surface area contributed by atoms with Gasteiger partial charge in [-0.1, -0.05) is 27.7 Å². The zero-order chi connectivity index (χ0) is 10.9. The van der Waals surface area contributed by atoms with Crippen LogP contribution in [-0.4, -0.2) is 23.5 Å². The maximum absolute atomic E-state index is 2.69. The van der Waals surface area contributed by atoms with E-state index in [1.165, 1.54) is 19.4 Å². The predicted molar refractivity (Wildman–Crippen MR) is 63.5 cm³/mol. The summed E-state index contributed by atoms with van der Waals surface area (Å²) < 4.78 is 0. The zero-order valence-electron chi connectivity index (χ0n) is 10.8. The summed E-state index contributed by atoms with van der Waals surface area (Å²) in [6.45, 7) is 15.5. The first kappa shape index (κ1) is 12.0. The molecule has 0 aromatic carbocycles. The molecule has 1 fully saturated rings. The molecule has 0 amide bonds. The van der Waals surface area contributed by atoms with Gasteiger partial charge < -0.3 is 0 Å². The highest BCUT2D eigenvalue weighted by molar-refractivity contribution is 4.89. The second-order valence-corrected chi connectivity index (χ2v) is 6.26. The van der Waals surface area contributed by atoms with E-state index >= 15 is 0 Å². The van der Waals surface area contributed by atoms with Crippen LogP contribution < -0.4 is 0 Å². The van der Waals surface area contributed by atoms with Gasteiger partial charge >= 0.3 is 0 Å². The highest BCUT2D eigenvalue weighted by Gasteiger charge is 2.35. The zero-order valence-corrected chi connectivity index (χ0v) is 10.8. The molecule has 0 radical (unpaired) electrons. The van der Waals surface area contributed by atoms with Crippen molar-refractivity contribution in [1.29, 1.82) is 0 Å². The molecule has 1 aliphatic rings. The van der Waals surface area contributed by atoms with E-state index in [-0.39, 0.29) is 0 Å². The number of likely N-dealkylation sites (tertiary alicyclic amines) is 1. The molecular formula is C13H27N. The Morgan fingerprint density at radius 3 is 2.14 bits per heavy atom. The van der Waals surface area contributed by atoms with Crippen molar-refractivity contribution in [1.82, 2.24) is 4.90 Å². The molecule has 1 rings (SSSR count). The van der Waals surface area contributed by atoms with Crippen LogP contribution in [-0.2, 0) is 0 Å². The first-order valence-electron chi connectivity index (χ1n) is 6.09. The van der Waals surface area contributed by atoms with Gasteiger partial charge in [0.15, 0.2) is 0 Å². The van der Waals surface area contributed by atoms with Crippen molar-refractivity contribution in [3.05, 3.63) is 0 Å². The summed E-state index contributed by atoms with van der Waals surface area (Å²) in [5.74, 6) is 0.789. The van der Waals surface area contributed by atoms with Crippen molar-refractivity contribution in [2.75, 3.05) is 6.54 Å². The highest BCUT2D eigenvalue weighted by Crippen LogP contribution is 2.37. The number of hydrogen-bond acceptors (Lipinski definition) is 1. The molecule has 1 aliphatic heterocycles. The molecule has 0 aliphatic carbocycles. The standard InChI is InChI=1S/C13H27N/c1-10(2)12-9-13(5,6)7-8-14(12)11(3)4/h10-12H,7-9H2,1-6H3. The predicted octanol–water partition coefficient (Wildman–Crippen LogP) is 3.54. The molecule has 1 nitrogen and oxygen atoms in total.